The summed E-state index contributed by atoms with van der Waals surface area (Å²) in [7, 11) is -3.82. The third-order valence-corrected chi connectivity index (χ3v) is 6.63. The minimum Gasteiger partial charge on any atom is -0.259 e. The van der Waals surface area contributed by atoms with Gasteiger partial charge in [-0.3, -0.25) is 4.31 Å². The first-order valence-electron chi connectivity index (χ1n) is 9.60. The highest BCUT2D eigenvalue weighted by Gasteiger charge is 2.27. The summed E-state index contributed by atoms with van der Waals surface area (Å²) in [5.41, 5.74) is 4.25. The summed E-state index contributed by atoms with van der Waals surface area (Å²) < 4.78 is 30.1. The minimum absolute atomic E-state index is 0.00150. The normalized spacial score (nSPS) is 11.7. The van der Waals surface area contributed by atoms with Crippen molar-refractivity contribution in [3.05, 3.63) is 82.9 Å². The Labute approximate surface area is 176 Å². The number of aryl methyl sites for hydroxylation is 4. The van der Waals surface area contributed by atoms with Gasteiger partial charge >= 0.3 is 0 Å². The Morgan fingerprint density at radius 1 is 0.900 bits per heavy atom. The molecule has 0 saturated carbocycles. The molecule has 154 valence electrons. The summed E-state index contributed by atoms with van der Waals surface area (Å²) in [5.74, 6) is 0.841. The van der Waals surface area contributed by atoms with Gasteiger partial charge in [-0.15, -0.1) is 5.10 Å². The van der Waals surface area contributed by atoms with E-state index in [4.69, 9.17) is 0 Å². The summed E-state index contributed by atoms with van der Waals surface area (Å²) in [4.78, 5) is 9.11. The summed E-state index contributed by atoms with van der Waals surface area (Å²) >= 11 is 0. The molecular formula is C22H23N5O2S. The van der Waals surface area contributed by atoms with Crippen molar-refractivity contribution < 1.29 is 8.42 Å². The number of sulfonamides is 1. The number of fused-ring (bicyclic) bond motifs is 1. The van der Waals surface area contributed by atoms with Crippen molar-refractivity contribution in [2.45, 2.75) is 39.1 Å². The van der Waals surface area contributed by atoms with Crippen LogP contribution in [0.3, 0.4) is 0 Å². The zero-order valence-electron chi connectivity index (χ0n) is 17.4. The smallest absolute Gasteiger partial charge is 0.259 e. The summed E-state index contributed by atoms with van der Waals surface area (Å²) in [5, 5.41) is 4.50. The van der Waals surface area contributed by atoms with E-state index in [1.165, 1.54) is 4.31 Å². The highest BCUT2D eigenvalue weighted by Crippen LogP contribution is 2.26. The fourth-order valence-electron chi connectivity index (χ4n) is 3.34. The Bertz CT molecular complexity index is 1330. The Balaban J connectivity index is 1.82. The molecule has 0 aliphatic carbocycles. The molecule has 0 N–H and O–H groups in total. The van der Waals surface area contributed by atoms with Crippen LogP contribution in [0.4, 0.5) is 5.69 Å². The first-order valence-corrected chi connectivity index (χ1v) is 11.0. The van der Waals surface area contributed by atoms with Gasteiger partial charge in [-0.05, 0) is 63.6 Å². The maximum absolute atomic E-state index is 13.5. The van der Waals surface area contributed by atoms with Crippen LogP contribution in [0, 0.1) is 27.7 Å². The lowest BCUT2D eigenvalue weighted by Crippen LogP contribution is -2.31. The van der Waals surface area contributed by atoms with Crippen LogP contribution in [-0.4, -0.2) is 28.0 Å². The molecular weight excluding hydrogens is 398 g/mol. The van der Waals surface area contributed by atoms with Crippen molar-refractivity contribution in [2.24, 2.45) is 0 Å². The Morgan fingerprint density at radius 3 is 2.33 bits per heavy atom. The topological polar surface area (TPSA) is 80.5 Å². The number of nitrogens with zero attached hydrogens (tertiary/aromatic N) is 5. The number of aromatic nitrogens is 4. The molecule has 2 aromatic carbocycles. The van der Waals surface area contributed by atoms with Crippen LogP contribution >= 0.6 is 0 Å². The predicted octanol–water partition coefficient (Wildman–Crippen LogP) is 3.75. The van der Waals surface area contributed by atoms with E-state index in [2.05, 4.69) is 15.1 Å². The molecule has 0 amide bonds. The van der Waals surface area contributed by atoms with Gasteiger partial charge in [0.15, 0.2) is 5.82 Å². The van der Waals surface area contributed by atoms with E-state index in [1.54, 1.807) is 34.8 Å². The lowest BCUT2D eigenvalue weighted by molar-refractivity contribution is 0.589. The monoisotopic (exact) mass is 421 g/mol. The van der Waals surface area contributed by atoms with Crippen LogP contribution < -0.4 is 4.31 Å². The maximum Gasteiger partial charge on any atom is 0.264 e. The Kier molecular flexibility index (Phi) is 5.03. The van der Waals surface area contributed by atoms with Crippen LogP contribution in [0.5, 0.6) is 0 Å². The fourth-order valence-corrected chi connectivity index (χ4v) is 4.75. The third-order valence-electron chi connectivity index (χ3n) is 4.85. The van der Waals surface area contributed by atoms with Crippen LogP contribution in [0.2, 0.25) is 0 Å². The zero-order valence-corrected chi connectivity index (χ0v) is 18.2. The molecule has 0 fully saturated rings. The molecule has 0 spiro atoms. The van der Waals surface area contributed by atoms with Gasteiger partial charge < -0.3 is 0 Å². The molecule has 30 heavy (non-hydrogen) atoms. The molecule has 0 atom stereocenters. The number of anilines is 1. The molecule has 0 aliphatic rings. The van der Waals surface area contributed by atoms with E-state index in [-0.39, 0.29) is 11.4 Å². The number of benzene rings is 2. The molecule has 7 nitrogen and oxygen atoms in total. The second-order valence-corrected chi connectivity index (χ2v) is 9.30. The molecule has 0 saturated heterocycles. The van der Waals surface area contributed by atoms with Gasteiger partial charge in [0.25, 0.3) is 15.8 Å². The minimum atomic E-state index is -3.82. The first-order chi connectivity index (χ1) is 14.2. The lowest BCUT2D eigenvalue weighted by Gasteiger charge is -2.23. The second kappa shape index (κ2) is 7.53. The van der Waals surface area contributed by atoms with Crippen molar-refractivity contribution >= 4 is 21.5 Å². The van der Waals surface area contributed by atoms with E-state index < -0.39 is 10.0 Å². The first kappa shape index (κ1) is 20.0. The molecule has 4 rings (SSSR count). The van der Waals surface area contributed by atoms with Gasteiger partial charge in [0.1, 0.15) is 0 Å². The average molecular weight is 422 g/mol. The molecule has 0 aliphatic heterocycles. The van der Waals surface area contributed by atoms with Crippen molar-refractivity contribution in [1.82, 2.24) is 19.6 Å². The van der Waals surface area contributed by atoms with Crippen molar-refractivity contribution in [3.63, 3.8) is 0 Å². The summed E-state index contributed by atoms with van der Waals surface area (Å²) in [6.45, 7) is 7.66. The van der Waals surface area contributed by atoms with Crippen LogP contribution in [-0.2, 0) is 16.6 Å². The Hall–Kier alpha value is -3.26. The van der Waals surface area contributed by atoms with Gasteiger partial charge in [-0.25, -0.2) is 17.9 Å². The van der Waals surface area contributed by atoms with Gasteiger partial charge in [-0.1, -0.05) is 29.8 Å². The average Bonchev–Trinajstić information content (AvgIpc) is 3.09. The van der Waals surface area contributed by atoms with Gasteiger partial charge in [0.2, 0.25) is 0 Å². The number of hydrogen-bond donors (Lipinski definition) is 0. The van der Waals surface area contributed by atoms with Crippen LogP contribution in [0.1, 0.15) is 28.3 Å². The number of rotatable bonds is 5. The van der Waals surface area contributed by atoms with Gasteiger partial charge in [0, 0.05) is 11.4 Å². The fraction of sp³-hybridized carbons (Fsp3) is 0.227. The van der Waals surface area contributed by atoms with Crippen molar-refractivity contribution in [2.75, 3.05) is 4.31 Å². The van der Waals surface area contributed by atoms with Crippen molar-refractivity contribution in [1.29, 1.82) is 0 Å². The van der Waals surface area contributed by atoms with E-state index >= 15 is 0 Å². The van der Waals surface area contributed by atoms with E-state index in [0.29, 0.717) is 17.3 Å². The number of hydrogen-bond acceptors (Lipinski definition) is 5. The standard InChI is InChI=1S/C22H23N5O2S/c1-15-8-10-20(11-9-15)30(28,29)26(19-7-5-6-16(2)12-19)14-21-24-22-23-17(3)13-18(4)27(22)25-21/h5-13H,14H2,1-4H3. The summed E-state index contributed by atoms with van der Waals surface area (Å²) in [6, 6.07) is 16.1. The highest BCUT2D eigenvalue weighted by molar-refractivity contribution is 7.92. The van der Waals surface area contributed by atoms with E-state index in [0.717, 1.165) is 22.5 Å². The SMILES string of the molecule is Cc1ccc(S(=O)(=O)N(Cc2nc3nc(C)cc(C)n3n2)c2cccc(C)c2)cc1. The quantitative estimate of drug-likeness (QED) is 0.490. The molecule has 2 heterocycles. The highest BCUT2D eigenvalue weighted by atomic mass is 32.2. The molecule has 0 bridgehead atoms. The van der Waals surface area contributed by atoms with E-state index in [9.17, 15) is 8.42 Å². The second-order valence-electron chi connectivity index (χ2n) is 7.44. The molecule has 2 aromatic heterocycles. The largest absolute Gasteiger partial charge is 0.264 e. The predicted molar refractivity (Wildman–Crippen MR) is 116 cm³/mol. The van der Waals surface area contributed by atoms with Gasteiger partial charge in [0.05, 0.1) is 17.1 Å². The zero-order chi connectivity index (χ0) is 21.5. The molecule has 8 heteroatoms. The van der Waals surface area contributed by atoms with Crippen LogP contribution in [0.25, 0.3) is 5.78 Å². The molecule has 0 radical (unpaired) electrons. The Morgan fingerprint density at radius 2 is 1.63 bits per heavy atom. The van der Waals surface area contributed by atoms with Crippen LogP contribution in [0.15, 0.2) is 59.5 Å². The summed E-state index contributed by atoms with van der Waals surface area (Å²) in [6.07, 6.45) is 0. The maximum atomic E-state index is 13.5. The van der Waals surface area contributed by atoms with Crippen molar-refractivity contribution in [3.8, 4) is 0 Å². The van der Waals surface area contributed by atoms with E-state index in [1.807, 2.05) is 52.0 Å². The lowest BCUT2D eigenvalue weighted by atomic mass is 10.2. The molecule has 0 unspecified atom stereocenters. The third kappa shape index (κ3) is 3.78. The van der Waals surface area contributed by atoms with Gasteiger partial charge in [-0.2, -0.15) is 4.98 Å². The molecule has 4 aromatic rings.